The lowest BCUT2D eigenvalue weighted by Crippen LogP contribution is -2.29. The van der Waals surface area contributed by atoms with Gasteiger partial charge in [-0.05, 0) is 70.5 Å². The van der Waals surface area contributed by atoms with E-state index < -0.39 is 0 Å². The van der Waals surface area contributed by atoms with E-state index in [4.69, 9.17) is 5.84 Å². The Kier molecular flexibility index (Phi) is 15.5. The van der Waals surface area contributed by atoms with E-state index in [2.05, 4.69) is 120 Å². The fraction of sp³-hybridized carbons (Fsp3) is 0.167. The average molecular weight is 759 g/mol. The van der Waals surface area contributed by atoms with Gasteiger partial charge >= 0.3 is 0 Å². The number of aromatic nitrogens is 3. The molecule has 0 spiro atoms. The molecule has 0 saturated carbocycles. The first-order valence-electron chi connectivity index (χ1n) is 18.9. The van der Waals surface area contributed by atoms with Crippen LogP contribution >= 0.6 is 11.8 Å². The van der Waals surface area contributed by atoms with Crippen LogP contribution in [0.3, 0.4) is 0 Å². The van der Waals surface area contributed by atoms with Gasteiger partial charge in [0.1, 0.15) is 5.82 Å². The van der Waals surface area contributed by atoms with Crippen molar-refractivity contribution in [3.63, 3.8) is 0 Å². The van der Waals surface area contributed by atoms with Gasteiger partial charge in [0, 0.05) is 28.7 Å². The van der Waals surface area contributed by atoms with Crippen molar-refractivity contribution in [1.29, 1.82) is 0 Å². The van der Waals surface area contributed by atoms with Crippen LogP contribution in [0.2, 0.25) is 0 Å². The molecule has 0 fully saturated rings. The molecule has 1 aromatic heterocycles. The number of rotatable bonds is 9. The van der Waals surface area contributed by atoms with E-state index in [1.54, 1.807) is 6.07 Å². The Morgan fingerprint density at radius 3 is 1.68 bits per heavy atom. The highest BCUT2D eigenvalue weighted by Gasteiger charge is 2.18. The van der Waals surface area contributed by atoms with Gasteiger partial charge in [-0.2, -0.15) is 0 Å². The first-order valence-corrected chi connectivity index (χ1v) is 19.9. The summed E-state index contributed by atoms with van der Waals surface area (Å²) in [6.07, 6.45) is 0. The van der Waals surface area contributed by atoms with Crippen molar-refractivity contribution in [3.8, 4) is 39.3 Å². The number of carbonyl (C=O) groups is 1. The summed E-state index contributed by atoms with van der Waals surface area (Å²) in [5.41, 5.74) is 10.3. The molecule has 8 heteroatoms. The second-order valence-electron chi connectivity index (χ2n) is 13.4. The second-order valence-corrected chi connectivity index (χ2v) is 14.7. The van der Waals surface area contributed by atoms with Gasteiger partial charge in [0.15, 0.2) is 5.82 Å². The summed E-state index contributed by atoms with van der Waals surface area (Å²) in [4.78, 5) is 16.0. The molecule has 0 saturated heterocycles. The number of nitrogens with one attached hydrogen (secondary N) is 1. The molecule has 0 aliphatic carbocycles. The number of nitrogen functional groups attached to an aromatic ring is 1. The number of aliphatic imine (C=N–C) groups is 1. The largest absolute Gasteiger partial charge is 0.290 e. The zero-order chi connectivity index (χ0) is 39.7. The van der Waals surface area contributed by atoms with Crippen molar-refractivity contribution >= 4 is 28.4 Å². The normalized spacial score (nSPS) is 11.0. The van der Waals surface area contributed by atoms with Crippen LogP contribution in [0.1, 0.15) is 56.7 Å². The summed E-state index contributed by atoms with van der Waals surface area (Å²) in [6, 6.07) is 56.6. The first kappa shape index (κ1) is 41.1. The third-order valence-electron chi connectivity index (χ3n) is 8.59. The highest BCUT2D eigenvalue weighted by Crippen LogP contribution is 2.29. The number of carbonyl (C=O) groups excluding carboxylic acids is 1. The van der Waals surface area contributed by atoms with Crippen LogP contribution in [-0.2, 0) is 0 Å². The number of hydrogen-bond acceptors (Lipinski definition) is 6. The van der Waals surface area contributed by atoms with Gasteiger partial charge in [-0.15, -0.1) is 22.0 Å². The van der Waals surface area contributed by atoms with Crippen molar-refractivity contribution in [2.45, 2.75) is 40.5 Å². The first-order chi connectivity index (χ1) is 27.3. The fourth-order valence-corrected chi connectivity index (χ4v) is 6.62. The Morgan fingerprint density at radius 1 is 0.643 bits per heavy atom. The van der Waals surface area contributed by atoms with Gasteiger partial charge in [0.2, 0.25) is 0 Å². The van der Waals surface area contributed by atoms with E-state index in [1.165, 1.54) is 16.2 Å². The summed E-state index contributed by atoms with van der Waals surface area (Å²) in [5, 5.41) is 10.2. The van der Waals surface area contributed by atoms with Crippen LogP contribution in [0.4, 0.5) is 5.69 Å². The minimum absolute atomic E-state index is 0.280. The van der Waals surface area contributed by atoms with Gasteiger partial charge in [-0.1, -0.05) is 162 Å². The molecule has 1 heterocycles. The van der Waals surface area contributed by atoms with E-state index in [0.717, 1.165) is 45.5 Å². The lowest BCUT2D eigenvalue weighted by atomic mass is 10.0. The van der Waals surface area contributed by atoms with E-state index in [1.807, 2.05) is 115 Å². The Hall–Kier alpha value is -6.09. The minimum Gasteiger partial charge on any atom is -0.290 e. The quantitative estimate of drug-likeness (QED) is 0.0502. The van der Waals surface area contributed by atoms with E-state index in [0.29, 0.717) is 11.5 Å². The molecule has 56 heavy (non-hydrogen) atoms. The van der Waals surface area contributed by atoms with Gasteiger partial charge < -0.3 is 0 Å². The van der Waals surface area contributed by atoms with Crippen LogP contribution in [0.25, 0.3) is 39.3 Å². The Balaban J connectivity index is 0.000000172. The molecule has 0 aliphatic heterocycles. The number of amides is 1. The van der Waals surface area contributed by atoms with E-state index in [9.17, 15) is 4.79 Å². The molecule has 0 unspecified atom stereocenters. The molecular formula is C48H50N6OS. The number of benzene rings is 6. The van der Waals surface area contributed by atoms with Crippen LogP contribution in [-0.4, -0.2) is 31.5 Å². The maximum atomic E-state index is 11.4. The summed E-state index contributed by atoms with van der Waals surface area (Å²) >= 11 is 1.83. The van der Waals surface area contributed by atoms with Crippen molar-refractivity contribution in [3.05, 3.63) is 181 Å². The third kappa shape index (κ3) is 11.5. The fourth-order valence-electron chi connectivity index (χ4n) is 5.82. The standard InChI is InChI=1S/C23H21N3.C13H12N2O.C12H17NS/c1-17(2)22-24-25-23(26(22)21-14-7-4-8-15-21)20-13-9-12-19(16-20)18-10-5-3-6-11-18;14-15-13(16)12-8-4-7-11(9-12)10-5-2-1-3-6-10;1-4-14-12(10(2)3)13-11-8-6-5-7-9-11/h3-17H,1-2H3;1-9H,14H2,(H,15,16);5-10H,4H2,1-3H3. The molecule has 3 N–H and O–H groups in total. The highest BCUT2D eigenvalue weighted by atomic mass is 32.2. The molecule has 1 amide bonds. The van der Waals surface area contributed by atoms with Crippen molar-refractivity contribution in [1.82, 2.24) is 20.2 Å². The zero-order valence-electron chi connectivity index (χ0n) is 32.7. The third-order valence-corrected chi connectivity index (χ3v) is 9.74. The van der Waals surface area contributed by atoms with Crippen LogP contribution in [0.15, 0.2) is 175 Å². The van der Waals surface area contributed by atoms with E-state index >= 15 is 0 Å². The predicted octanol–water partition coefficient (Wildman–Crippen LogP) is 11.8. The summed E-state index contributed by atoms with van der Waals surface area (Å²) in [7, 11) is 0. The molecule has 7 aromatic rings. The molecule has 6 aromatic carbocycles. The number of nitrogens with zero attached hydrogens (tertiary/aromatic N) is 4. The number of hydrogen-bond donors (Lipinski definition) is 2. The van der Waals surface area contributed by atoms with Crippen LogP contribution < -0.4 is 11.3 Å². The monoisotopic (exact) mass is 758 g/mol. The maximum absolute atomic E-state index is 11.4. The van der Waals surface area contributed by atoms with Gasteiger partial charge in [0.25, 0.3) is 5.91 Å². The SMILES string of the molecule is CC(C)c1nnc(-c2cccc(-c3ccccc3)c2)n1-c1ccccc1.CCSC(=Nc1ccccc1)C(C)C.NNC(=O)c1cccc(-c2ccccc2)c1. The van der Waals surface area contributed by atoms with Crippen molar-refractivity contribution < 1.29 is 4.79 Å². The lowest BCUT2D eigenvalue weighted by molar-refractivity contribution is 0.0953. The summed E-state index contributed by atoms with van der Waals surface area (Å²) in [5.74, 6) is 8.54. The van der Waals surface area contributed by atoms with Gasteiger partial charge in [-0.3, -0.25) is 14.8 Å². The number of hydrazine groups is 1. The summed E-state index contributed by atoms with van der Waals surface area (Å²) in [6.45, 7) is 10.8. The molecular weight excluding hydrogens is 709 g/mol. The molecule has 0 atom stereocenters. The van der Waals surface area contributed by atoms with Crippen molar-refractivity contribution in [2.75, 3.05) is 5.75 Å². The van der Waals surface area contributed by atoms with Crippen LogP contribution in [0.5, 0.6) is 0 Å². The second kappa shape index (κ2) is 21.1. The molecule has 7 rings (SSSR count). The Labute approximate surface area is 335 Å². The van der Waals surface area contributed by atoms with E-state index in [-0.39, 0.29) is 11.8 Å². The molecule has 284 valence electrons. The Bertz CT molecular complexity index is 2270. The van der Waals surface area contributed by atoms with Gasteiger partial charge in [0.05, 0.1) is 10.7 Å². The van der Waals surface area contributed by atoms with Gasteiger partial charge in [-0.25, -0.2) is 10.8 Å². The highest BCUT2D eigenvalue weighted by molar-refractivity contribution is 8.13. The number of nitrogens with two attached hydrogens (primary N) is 1. The minimum atomic E-state index is -0.280. The Morgan fingerprint density at radius 2 is 1.14 bits per heavy atom. The topological polar surface area (TPSA) is 98.2 Å². The van der Waals surface area contributed by atoms with Crippen molar-refractivity contribution in [2.24, 2.45) is 16.8 Å². The number of para-hydroxylation sites is 2. The van der Waals surface area contributed by atoms with Crippen LogP contribution in [0, 0.1) is 5.92 Å². The predicted molar refractivity (Wildman–Crippen MR) is 236 cm³/mol. The summed E-state index contributed by atoms with van der Waals surface area (Å²) < 4.78 is 2.16. The maximum Gasteiger partial charge on any atom is 0.265 e. The smallest absolute Gasteiger partial charge is 0.265 e. The average Bonchev–Trinajstić information content (AvgIpc) is 3.71. The molecule has 0 bridgehead atoms. The molecule has 0 aliphatic rings. The molecule has 0 radical (unpaired) electrons. The number of thioether (sulfide) groups is 1. The zero-order valence-corrected chi connectivity index (χ0v) is 33.5. The molecule has 7 nitrogen and oxygen atoms in total. The lowest BCUT2D eigenvalue weighted by Gasteiger charge is -2.13.